The molecule has 18 nitrogen and oxygen atoms in total. The summed E-state index contributed by atoms with van der Waals surface area (Å²) in [6.07, 6.45) is -17.2. The first kappa shape index (κ1) is 52.0. The van der Waals surface area contributed by atoms with Crippen molar-refractivity contribution in [2.75, 3.05) is 13.2 Å². The van der Waals surface area contributed by atoms with Crippen LogP contribution in [0.1, 0.15) is 68.1 Å². The van der Waals surface area contributed by atoms with Crippen LogP contribution in [0.2, 0.25) is 0 Å². The predicted molar refractivity (Wildman–Crippen MR) is 241 cm³/mol. The van der Waals surface area contributed by atoms with Crippen molar-refractivity contribution >= 4 is 82.3 Å². The maximum atomic E-state index is 14.2. The van der Waals surface area contributed by atoms with Crippen molar-refractivity contribution in [3.63, 3.8) is 0 Å². The fourth-order valence-corrected chi connectivity index (χ4v) is 7.05. The molecule has 21 heteroatoms. The molecule has 0 spiro atoms. The molecular formula is C48H44Cl3NO17. The second-order valence-corrected chi connectivity index (χ2v) is 17.5. The normalized spacial score (nSPS) is 23.2. The summed E-state index contributed by atoms with van der Waals surface area (Å²) in [7, 11) is 0. The zero-order valence-electron chi connectivity index (χ0n) is 36.6. The number of nitrogens with one attached hydrogen (secondary N) is 1. The smallest absolute Gasteiger partial charge is 0.338 e. The molecule has 4 aromatic carbocycles. The number of ether oxygens (including phenoxy) is 10. The standard InChI is InChI=1S/C48H44Cl3NO17/c1-27(53)23-24-35(55)64-39-37(33(62-28(2)54)26-61-45(39)69-47(52)48(49,50)51)68-46-40(67-44(59)32-21-13-6-14-22-32)38(66-43(58)31-19-11-5-12-20-31)36(65-42(57)30-17-9-4-10-18-30)34(63-46)25-60-41(56)29-15-7-3-8-16-29/h3-22,33-34,36-40,45-46,52H,23-26H2,1-2H3/t33-,34+,36+,37-,38-,39+,40+,45+,46-/m0/s1. The van der Waals surface area contributed by atoms with Gasteiger partial charge in [0, 0.05) is 13.3 Å². The van der Waals surface area contributed by atoms with Gasteiger partial charge in [0.05, 0.1) is 35.3 Å². The van der Waals surface area contributed by atoms with Crippen molar-refractivity contribution in [1.29, 1.82) is 5.41 Å². The van der Waals surface area contributed by atoms with Crippen LogP contribution in [0, 0.1) is 5.41 Å². The van der Waals surface area contributed by atoms with Gasteiger partial charge in [-0.05, 0) is 55.5 Å². The molecule has 364 valence electrons. The summed E-state index contributed by atoms with van der Waals surface area (Å²) in [5.41, 5.74) is 0.145. The molecule has 0 aliphatic carbocycles. The first-order chi connectivity index (χ1) is 33.0. The van der Waals surface area contributed by atoms with E-state index in [0.29, 0.717) is 0 Å². The molecule has 2 saturated heterocycles. The SMILES string of the molecule is CC(=O)CCC(=O)O[C@H]1[C@@H](OC(=N)C(Cl)(Cl)Cl)OC[C@H](OC(C)=O)[C@@H]1O[C@@H]1O[C@H](COC(=O)c2ccccc2)[C@@H](OC(=O)c2ccccc2)[C@H](OC(=O)c2ccccc2)[C@H]1OC(=O)c1ccccc1. The summed E-state index contributed by atoms with van der Waals surface area (Å²) < 4.78 is 57.3. The van der Waals surface area contributed by atoms with Gasteiger partial charge in [0.25, 0.3) is 3.79 Å². The molecule has 2 aliphatic heterocycles. The van der Waals surface area contributed by atoms with Crippen molar-refractivity contribution in [2.24, 2.45) is 0 Å². The molecular weight excluding hydrogens is 969 g/mol. The van der Waals surface area contributed by atoms with Crippen LogP contribution in [-0.4, -0.2) is 120 Å². The molecule has 2 aliphatic rings. The molecule has 2 fully saturated rings. The number of ketones is 1. The number of carbonyl (C=O) groups is 7. The van der Waals surface area contributed by atoms with Crippen molar-refractivity contribution in [2.45, 2.75) is 85.8 Å². The van der Waals surface area contributed by atoms with Gasteiger partial charge >= 0.3 is 35.8 Å². The quantitative estimate of drug-likeness (QED) is 0.0387. The Kier molecular flexibility index (Phi) is 18.3. The van der Waals surface area contributed by atoms with Crippen LogP contribution in [0.25, 0.3) is 0 Å². The van der Waals surface area contributed by atoms with E-state index in [9.17, 15) is 33.6 Å². The van der Waals surface area contributed by atoms with E-state index in [-0.39, 0.29) is 34.5 Å². The van der Waals surface area contributed by atoms with E-state index in [1.54, 1.807) is 72.8 Å². The summed E-state index contributed by atoms with van der Waals surface area (Å²) in [5, 5.41) is 8.31. The maximum Gasteiger partial charge on any atom is 0.338 e. The van der Waals surface area contributed by atoms with Crippen molar-refractivity contribution in [1.82, 2.24) is 0 Å². The van der Waals surface area contributed by atoms with E-state index in [2.05, 4.69) is 0 Å². The first-order valence-corrected chi connectivity index (χ1v) is 22.2. The van der Waals surface area contributed by atoms with Crippen LogP contribution in [-0.2, 0) is 61.8 Å². The Morgan fingerprint density at radius 2 is 1.00 bits per heavy atom. The second-order valence-electron chi connectivity index (χ2n) is 15.3. The van der Waals surface area contributed by atoms with Crippen molar-refractivity contribution in [3.05, 3.63) is 144 Å². The number of esters is 6. The number of alkyl halides is 3. The Labute approximate surface area is 409 Å². The second kappa shape index (κ2) is 24.2. The van der Waals surface area contributed by atoms with Gasteiger partial charge in [-0.2, -0.15) is 0 Å². The van der Waals surface area contributed by atoms with Crippen LogP contribution < -0.4 is 0 Å². The summed E-state index contributed by atoms with van der Waals surface area (Å²) in [5.74, 6) is -7.17. The molecule has 69 heavy (non-hydrogen) atoms. The summed E-state index contributed by atoms with van der Waals surface area (Å²) in [4.78, 5) is 93.7. The minimum atomic E-state index is -2.48. The van der Waals surface area contributed by atoms with Crippen LogP contribution in [0.3, 0.4) is 0 Å². The Bertz CT molecular complexity index is 2440. The Morgan fingerprint density at radius 1 is 0.551 bits per heavy atom. The zero-order chi connectivity index (χ0) is 49.7. The van der Waals surface area contributed by atoms with Crippen LogP contribution in [0.4, 0.5) is 0 Å². The maximum absolute atomic E-state index is 14.2. The van der Waals surface area contributed by atoms with E-state index in [1.807, 2.05) is 0 Å². The fraction of sp³-hybridized carbons (Fsp3) is 0.333. The minimum Gasteiger partial charge on any atom is -0.459 e. The minimum absolute atomic E-state index is 0.00284. The fourth-order valence-electron chi connectivity index (χ4n) is 6.91. The molecule has 4 aromatic rings. The van der Waals surface area contributed by atoms with E-state index in [0.717, 1.165) is 6.92 Å². The highest BCUT2D eigenvalue weighted by molar-refractivity contribution is 6.76. The van der Waals surface area contributed by atoms with Gasteiger partial charge in [-0.25, -0.2) is 19.2 Å². The van der Waals surface area contributed by atoms with Crippen LogP contribution in [0.15, 0.2) is 121 Å². The molecule has 0 bridgehead atoms. The van der Waals surface area contributed by atoms with Gasteiger partial charge in [0.15, 0.2) is 36.8 Å². The lowest BCUT2D eigenvalue weighted by Crippen LogP contribution is -2.66. The number of hydrogen-bond acceptors (Lipinski definition) is 18. The number of benzene rings is 4. The van der Waals surface area contributed by atoms with Crippen molar-refractivity contribution < 1.29 is 80.9 Å². The third-order valence-corrected chi connectivity index (χ3v) is 10.7. The molecule has 1 N–H and O–H groups in total. The molecule has 9 atom stereocenters. The molecule has 0 unspecified atom stereocenters. The first-order valence-electron chi connectivity index (χ1n) is 21.1. The van der Waals surface area contributed by atoms with E-state index >= 15 is 0 Å². The average molecular weight is 1010 g/mol. The third kappa shape index (κ3) is 14.6. The lowest BCUT2D eigenvalue weighted by atomic mass is 9.97. The highest BCUT2D eigenvalue weighted by Gasteiger charge is 2.57. The molecule has 0 amide bonds. The number of halogens is 3. The Morgan fingerprint density at radius 3 is 1.46 bits per heavy atom. The van der Waals surface area contributed by atoms with Crippen LogP contribution >= 0.6 is 34.8 Å². The third-order valence-electron chi connectivity index (χ3n) is 10.2. The highest BCUT2D eigenvalue weighted by Crippen LogP contribution is 2.36. The molecule has 2 heterocycles. The van der Waals surface area contributed by atoms with E-state index in [4.69, 9.17) is 87.6 Å². The van der Waals surface area contributed by atoms with Gasteiger partial charge < -0.3 is 52.2 Å². The van der Waals surface area contributed by atoms with Gasteiger partial charge in [-0.1, -0.05) is 108 Å². The summed E-state index contributed by atoms with van der Waals surface area (Å²) >= 11 is 17.8. The lowest BCUT2D eigenvalue weighted by molar-refractivity contribution is -0.343. The van der Waals surface area contributed by atoms with Gasteiger partial charge in [-0.3, -0.25) is 15.0 Å². The number of hydrogen-bond donors (Lipinski definition) is 1. The average Bonchev–Trinajstić information content (AvgIpc) is 3.33. The molecule has 0 radical (unpaired) electrons. The van der Waals surface area contributed by atoms with E-state index < -0.39 is 120 Å². The van der Waals surface area contributed by atoms with E-state index in [1.165, 1.54) is 55.5 Å². The van der Waals surface area contributed by atoms with Crippen molar-refractivity contribution in [3.8, 4) is 0 Å². The highest BCUT2D eigenvalue weighted by atomic mass is 35.6. The van der Waals surface area contributed by atoms with Crippen LogP contribution in [0.5, 0.6) is 0 Å². The molecule has 0 saturated carbocycles. The molecule has 0 aromatic heterocycles. The monoisotopic (exact) mass is 1010 g/mol. The number of carbonyl (C=O) groups excluding carboxylic acids is 7. The zero-order valence-corrected chi connectivity index (χ0v) is 38.9. The molecule has 6 rings (SSSR count). The summed E-state index contributed by atoms with van der Waals surface area (Å²) in [6.45, 7) is 0.946. The largest absolute Gasteiger partial charge is 0.459 e. The van der Waals surface area contributed by atoms with Gasteiger partial charge in [0.1, 0.15) is 24.6 Å². The number of rotatable bonds is 17. The predicted octanol–water partition coefficient (Wildman–Crippen LogP) is 6.56. The Hall–Kier alpha value is -6.41. The number of Topliss-reactive ketones (excluding diaryl/α,β-unsaturated/α-hetero) is 1. The van der Waals surface area contributed by atoms with Gasteiger partial charge in [-0.15, -0.1) is 0 Å². The van der Waals surface area contributed by atoms with Gasteiger partial charge in [0.2, 0.25) is 12.2 Å². The Balaban J connectivity index is 1.50. The lowest BCUT2D eigenvalue weighted by Gasteiger charge is -2.47. The topological polar surface area (TPSA) is 236 Å². The summed E-state index contributed by atoms with van der Waals surface area (Å²) in [6, 6.07) is 30.6.